The number of carbonyl (C=O) groups is 2. The Balaban J connectivity index is 1.84. The van der Waals surface area contributed by atoms with Crippen LogP contribution in [-0.4, -0.2) is 54.5 Å². The summed E-state index contributed by atoms with van der Waals surface area (Å²) in [5.74, 6) is -0.807. The van der Waals surface area contributed by atoms with Crippen LogP contribution in [0.2, 0.25) is 0 Å². The second-order valence-electron chi connectivity index (χ2n) is 5.23. The smallest absolute Gasteiger partial charge is 0.266 e. The summed E-state index contributed by atoms with van der Waals surface area (Å²) in [7, 11) is 1.57. The number of hydrogen-bond donors (Lipinski definition) is 1. The van der Waals surface area contributed by atoms with E-state index >= 15 is 0 Å². The number of nitrogens with zero attached hydrogens (tertiary/aromatic N) is 2. The predicted molar refractivity (Wildman–Crippen MR) is 77.9 cm³/mol. The topological polar surface area (TPSA) is 94.3 Å². The van der Waals surface area contributed by atoms with E-state index in [0.717, 1.165) is 4.90 Å². The first kappa shape index (κ1) is 15.4. The van der Waals surface area contributed by atoms with Gasteiger partial charge in [0.15, 0.2) is 5.72 Å². The fourth-order valence-electron chi connectivity index (χ4n) is 2.56. The number of methoxy groups -OCH3 is 1. The molecule has 0 radical (unpaired) electrons. The van der Waals surface area contributed by atoms with E-state index in [9.17, 15) is 9.59 Å². The van der Waals surface area contributed by atoms with Crippen molar-refractivity contribution in [3.8, 4) is 0 Å². The first-order valence-electron chi connectivity index (χ1n) is 6.82. The molecule has 1 aromatic heterocycles. The van der Waals surface area contributed by atoms with Gasteiger partial charge in [0.2, 0.25) is 0 Å². The third-order valence-electron chi connectivity index (χ3n) is 3.72. The van der Waals surface area contributed by atoms with Gasteiger partial charge >= 0.3 is 0 Å². The molecular weight excluding hydrogens is 310 g/mol. The minimum atomic E-state index is -1.11. The Hall–Kier alpha value is -1.52. The number of carbonyl (C=O) groups excluding carboxylic acids is 2. The molecule has 2 aliphatic rings. The molecule has 2 aliphatic heterocycles. The van der Waals surface area contributed by atoms with Gasteiger partial charge in [0.25, 0.3) is 11.8 Å². The maximum absolute atomic E-state index is 12.6. The molecule has 8 nitrogen and oxygen atoms in total. The molecule has 22 heavy (non-hydrogen) atoms. The largest absolute Gasteiger partial charge is 0.390 e. The van der Waals surface area contributed by atoms with Gasteiger partial charge in [0.1, 0.15) is 0 Å². The van der Waals surface area contributed by atoms with Crippen molar-refractivity contribution in [1.29, 1.82) is 0 Å². The molecule has 3 heterocycles. The third-order valence-corrected chi connectivity index (χ3v) is 4.53. The molecule has 2 N–H and O–H groups in total. The van der Waals surface area contributed by atoms with Crippen LogP contribution in [0.25, 0.3) is 0 Å². The van der Waals surface area contributed by atoms with Crippen molar-refractivity contribution < 1.29 is 24.0 Å². The van der Waals surface area contributed by atoms with Crippen molar-refractivity contribution in [3.63, 3.8) is 0 Å². The lowest BCUT2D eigenvalue weighted by Crippen LogP contribution is -2.58. The first-order valence-corrected chi connectivity index (χ1v) is 7.70. The number of imide groups is 1. The van der Waals surface area contributed by atoms with Gasteiger partial charge in [-0.1, -0.05) is 5.23 Å². The van der Waals surface area contributed by atoms with Crippen molar-refractivity contribution in [2.45, 2.75) is 19.1 Å². The van der Waals surface area contributed by atoms with Crippen LogP contribution in [0, 0.1) is 0 Å². The van der Waals surface area contributed by atoms with Crippen LogP contribution in [0.3, 0.4) is 0 Å². The van der Waals surface area contributed by atoms with E-state index in [4.69, 9.17) is 20.1 Å². The predicted octanol–water partition coefficient (Wildman–Crippen LogP) is 0.858. The van der Waals surface area contributed by atoms with E-state index in [1.807, 2.05) is 0 Å². The molecule has 1 saturated heterocycles. The number of rotatable bonds is 4. The number of anilines is 1. The molecular formula is C13H17N3O5S. The van der Waals surface area contributed by atoms with E-state index < -0.39 is 11.6 Å². The highest BCUT2D eigenvalue weighted by atomic mass is 32.1. The van der Waals surface area contributed by atoms with Gasteiger partial charge in [-0.3, -0.25) is 14.4 Å². The summed E-state index contributed by atoms with van der Waals surface area (Å²) in [6.45, 7) is 2.79. The zero-order valence-electron chi connectivity index (χ0n) is 12.3. The lowest BCUT2D eigenvalue weighted by atomic mass is 10.1. The first-order chi connectivity index (χ1) is 10.5. The summed E-state index contributed by atoms with van der Waals surface area (Å²) in [4.78, 5) is 37.3. The van der Waals surface area contributed by atoms with E-state index in [0.29, 0.717) is 36.7 Å². The number of hydroxylamine groups is 2. The number of fused-ring (bicyclic) bond motifs is 1. The molecule has 3 rings (SSSR count). The number of ether oxygens (including phenoxy) is 1. The molecule has 120 valence electrons. The summed E-state index contributed by atoms with van der Waals surface area (Å²) in [6, 6.07) is 0. The van der Waals surface area contributed by atoms with Crippen LogP contribution >= 0.6 is 11.3 Å². The molecule has 1 unspecified atom stereocenters. The van der Waals surface area contributed by atoms with Gasteiger partial charge < -0.3 is 10.5 Å². The quantitative estimate of drug-likeness (QED) is 0.820. The fourth-order valence-corrected chi connectivity index (χ4v) is 3.34. The SMILES string of the molecule is COCCN1OCCC(C)(N2C(=O)c3csc(N)c3C2=O)O1. The Morgan fingerprint density at radius 1 is 1.45 bits per heavy atom. The summed E-state index contributed by atoms with van der Waals surface area (Å²) < 4.78 is 4.97. The van der Waals surface area contributed by atoms with Gasteiger partial charge in [0, 0.05) is 18.9 Å². The average Bonchev–Trinajstić information content (AvgIpc) is 2.97. The van der Waals surface area contributed by atoms with Crippen molar-refractivity contribution in [2.75, 3.05) is 32.6 Å². The maximum atomic E-state index is 12.6. The summed E-state index contributed by atoms with van der Waals surface area (Å²) in [5.41, 5.74) is 5.30. The lowest BCUT2D eigenvalue weighted by molar-refractivity contribution is -0.452. The number of amides is 2. The molecule has 0 aromatic carbocycles. The number of thiophene rings is 1. The van der Waals surface area contributed by atoms with Gasteiger partial charge in [-0.2, -0.15) is 0 Å². The molecule has 0 aliphatic carbocycles. The van der Waals surface area contributed by atoms with Crippen LogP contribution in [0.5, 0.6) is 0 Å². The highest BCUT2D eigenvalue weighted by Crippen LogP contribution is 2.39. The number of nitrogen functional groups attached to an aromatic ring is 1. The highest BCUT2D eigenvalue weighted by molar-refractivity contribution is 7.14. The average molecular weight is 327 g/mol. The van der Waals surface area contributed by atoms with E-state index in [2.05, 4.69) is 0 Å². The lowest BCUT2D eigenvalue weighted by Gasteiger charge is -2.43. The molecule has 1 atom stereocenters. The second-order valence-corrected chi connectivity index (χ2v) is 6.14. The molecule has 0 bridgehead atoms. The molecule has 0 spiro atoms. The van der Waals surface area contributed by atoms with Crippen LogP contribution < -0.4 is 5.73 Å². The fraction of sp³-hybridized carbons (Fsp3) is 0.538. The Kier molecular flexibility index (Phi) is 3.91. The Labute approximate surface area is 131 Å². The standard InChI is InChI=1S/C13H17N3O5S/c1-13(3-5-20-15(21-13)4-6-19-2)16-11(17)8-7-22-10(14)9(8)12(16)18/h7H,3-6,14H2,1-2H3. The molecule has 1 fully saturated rings. The Bertz CT molecular complexity index is 619. The van der Waals surface area contributed by atoms with E-state index in [1.165, 1.54) is 16.6 Å². The Morgan fingerprint density at radius 2 is 2.23 bits per heavy atom. The third kappa shape index (κ3) is 2.31. The van der Waals surface area contributed by atoms with Gasteiger partial charge in [-0.15, -0.1) is 11.3 Å². The van der Waals surface area contributed by atoms with Crippen molar-refractivity contribution in [3.05, 3.63) is 16.5 Å². The van der Waals surface area contributed by atoms with Crippen LogP contribution in [0.1, 0.15) is 34.1 Å². The van der Waals surface area contributed by atoms with Gasteiger partial charge in [-0.25, -0.2) is 9.74 Å². The van der Waals surface area contributed by atoms with E-state index in [-0.39, 0.29) is 11.5 Å². The van der Waals surface area contributed by atoms with Gasteiger partial charge in [0.05, 0.1) is 35.9 Å². The van der Waals surface area contributed by atoms with Crippen molar-refractivity contribution in [2.24, 2.45) is 0 Å². The van der Waals surface area contributed by atoms with Crippen LogP contribution in [0.15, 0.2) is 5.38 Å². The minimum Gasteiger partial charge on any atom is -0.390 e. The monoisotopic (exact) mass is 327 g/mol. The van der Waals surface area contributed by atoms with Crippen molar-refractivity contribution >= 4 is 28.2 Å². The number of hydrogen-bond acceptors (Lipinski definition) is 8. The van der Waals surface area contributed by atoms with Crippen LogP contribution in [-0.2, 0) is 14.4 Å². The summed E-state index contributed by atoms with van der Waals surface area (Å²) in [6.07, 6.45) is 0.377. The summed E-state index contributed by atoms with van der Waals surface area (Å²) in [5, 5.41) is 3.21. The zero-order valence-corrected chi connectivity index (χ0v) is 13.1. The zero-order chi connectivity index (χ0) is 15.9. The molecule has 9 heteroatoms. The normalized spacial score (nSPS) is 25.8. The maximum Gasteiger partial charge on any atom is 0.266 e. The van der Waals surface area contributed by atoms with Crippen LogP contribution in [0.4, 0.5) is 5.00 Å². The Morgan fingerprint density at radius 3 is 2.91 bits per heavy atom. The van der Waals surface area contributed by atoms with Gasteiger partial charge in [-0.05, 0) is 6.92 Å². The number of nitrogens with two attached hydrogens (primary N) is 1. The van der Waals surface area contributed by atoms with Crippen molar-refractivity contribution in [1.82, 2.24) is 10.1 Å². The minimum absolute atomic E-state index is 0.273. The summed E-state index contributed by atoms with van der Waals surface area (Å²) >= 11 is 1.19. The highest BCUT2D eigenvalue weighted by Gasteiger charge is 2.51. The molecule has 2 amide bonds. The molecule has 1 aromatic rings. The molecule has 0 saturated carbocycles. The second kappa shape index (κ2) is 5.60. The van der Waals surface area contributed by atoms with E-state index in [1.54, 1.807) is 19.4 Å².